The van der Waals surface area contributed by atoms with Crippen molar-refractivity contribution in [2.45, 2.75) is 32.5 Å². The zero-order valence-electron chi connectivity index (χ0n) is 12.3. The number of nitrogens with zero attached hydrogens (tertiary/aromatic N) is 1. The molecule has 1 aromatic heterocycles. The van der Waals surface area contributed by atoms with Crippen LogP contribution < -0.4 is 10.6 Å². The van der Waals surface area contributed by atoms with Crippen molar-refractivity contribution in [3.8, 4) is 0 Å². The van der Waals surface area contributed by atoms with Gasteiger partial charge in [-0.1, -0.05) is 0 Å². The van der Waals surface area contributed by atoms with Gasteiger partial charge in [0.1, 0.15) is 0 Å². The minimum atomic E-state index is -0.492. The molecular weight excluding hydrogens is 270 g/mol. The van der Waals surface area contributed by atoms with E-state index >= 15 is 0 Å². The zero-order chi connectivity index (χ0) is 14.7. The molecular formula is C15H21N3O3. The molecule has 0 saturated carbocycles. The second-order valence-corrected chi connectivity index (χ2v) is 5.40. The van der Waals surface area contributed by atoms with E-state index in [4.69, 9.17) is 9.47 Å². The Morgan fingerprint density at radius 1 is 1.52 bits per heavy atom. The lowest BCUT2D eigenvalue weighted by atomic mass is 9.96. The number of carbonyl (C=O) groups is 1. The van der Waals surface area contributed by atoms with E-state index in [9.17, 15) is 4.79 Å². The molecule has 2 aliphatic heterocycles. The lowest BCUT2D eigenvalue weighted by Gasteiger charge is -2.24. The highest BCUT2D eigenvalue weighted by Crippen LogP contribution is 2.20. The summed E-state index contributed by atoms with van der Waals surface area (Å²) in [5.41, 5.74) is 4.67. The molecule has 0 spiro atoms. The van der Waals surface area contributed by atoms with E-state index in [2.05, 4.69) is 15.6 Å². The van der Waals surface area contributed by atoms with E-state index in [1.807, 2.05) is 13.1 Å². The third-order valence-electron chi connectivity index (χ3n) is 4.02. The van der Waals surface area contributed by atoms with Crippen molar-refractivity contribution >= 4 is 5.91 Å². The standard InChI is InChI=1S/C15H21N3O3/c1-10-13(12-2-3-16-6-11(12)7-17-10)8-18-15(19)14-9-20-4-5-21-14/h7,14,16H,2-6,8-9H2,1H3,(H,18,19)/t14-/m1/s1. The second kappa shape index (κ2) is 6.51. The number of pyridine rings is 1. The van der Waals surface area contributed by atoms with Crippen molar-refractivity contribution in [2.24, 2.45) is 0 Å². The number of aromatic nitrogens is 1. The first-order valence-corrected chi connectivity index (χ1v) is 7.39. The van der Waals surface area contributed by atoms with Crippen LogP contribution in [0.3, 0.4) is 0 Å². The molecule has 1 fully saturated rings. The molecule has 3 heterocycles. The van der Waals surface area contributed by atoms with Gasteiger partial charge >= 0.3 is 0 Å². The largest absolute Gasteiger partial charge is 0.376 e. The fourth-order valence-electron chi connectivity index (χ4n) is 2.81. The number of fused-ring (bicyclic) bond motifs is 1. The highest BCUT2D eigenvalue weighted by molar-refractivity contribution is 5.81. The van der Waals surface area contributed by atoms with Crippen LogP contribution in [0.2, 0.25) is 0 Å². The topological polar surface area (TPSA) is 72.5 Å². The maximum atomic E-state index is 12.1. The lowest BCUT2D eigenvalue weighted by Crippen LogP contribution is -2.42. The molecule has 2 N–H and O–H groups in total. The van der Waals surface area contributed by atoms with E-state index in [0.29, 0.717) is 26.4 Å². The summed E-state index contributed by atoms with van der Waals surface area (Å²) in [6, 6.07) is 0. The van der Waals surface area contributed by atoms with Crippen LogP contribution in [0, 0.1) is 6.92 Å². The number of carbonyl (C=O) groups excluding carboxylic acids is 1. The molecule has 21 heavy (non-hydrogen) atoms. The third kappa shape index (κ3) is 3.23. The van der Waals surface area contributed by atoms with Crippen LogP contribution in [-0.2, 0) is 33.8 Å². The normalized spacial score (nSPS) is 21.7. The van der Waals surface area contributed by atoms with E-state index in [0.717, 1.165) is 30.8 Å². The fourth-order valence-corrected chi connectivity index (χ4v) is 2.81. The van der Waals surface area contributed by atoms with Gasteiger partial charge in [0, 0.05) is 25.0 Å². The number of amides is 1. The molecule has 0 radical (unpaired) electrons. The maximum Gasteiger partial charge on any atom is 0.251 e. The summed E-state index contributed by atoms with van der Waals surface area (Å²) in [4.78, 5) is 16.5. The molecule has 1 atom stereocenters. The molecule has 0 unspecified atom stereocenters. The molecule has 114 valence electrons. The van der Waals surface area contributed by atoms with Crippen LogP contribution >= 0.6 is 0 Å². The average Bonchev–Trinajstić information content (AvgIpc) is 2.54. The van der Waals surface area contributed by atoms with E-state index in [1.165, 1.54) is 11.1 Å². The minimum absolute atomic E-state index is 0.111. The second-order valence-electron chi connectivity index (χ2n) is 5.40. The Kier molecular flexibility index (Phi) is 4.48. The van der Waals surface area contributed by atoms with Crippen LogP contribution in [0.25, 0.3) is 0 Å². The highest BCUT2D eigenvalue weighted by atomic mass is 16.6. The van der Waals surface area contributed by atoms with Gasteiger partial charge in [-0.2, -0.15) is 0 Å². The Morgan fingerprint density at radius 2 is 2.43 bits per heavy atom. The fraction of sp³-hybridized carbons (Fsp3) is 0.600. The van der Waals surface area contributed by atoms with E-state index in [-0.39, 0.29) is 5.91 Å². The Bertz CT molecular complexity index is 527. The summed E-state index contributed by atoms with van der Waals surface area (Å²) in [6.07, 6.45) is 2.42. The van der Waals surface area contributed by atoms with Crippen LogP contribution in [0.5, 0.6) is 0 Å². The molecule has 6 nitrogen and oxygen atoms in total. The minimum Gasteiger partial charge on any atom is -0.376 e. The predicted molar refractivity (Wildman–Crippen MR) is 76.8 cm³/mol. The summed E-state index contributed by atoms with van der Waals surface area (Å²) >= 11 is 0. The summed E-state index contributed by atoms with van der Waals surface area (Å²) < 4.78 is 10.7. The van der Waals surface area contributed by atoms with Crippen molar-refractivity contribution in [1.29, 1.82) is 0 Å². The van der Waals surface area contributed by atoms with Gasteiger partial charge in [0.25, 0.3) is 5.91 Å². The van der Waals surface area contributed by atoms with Gasteiger partial charge in [-0.25, -0.2) is 0 Å². The van der Waals surface area contributed by atoms with Gasteiger partial charge in [-0.3, -0.25) is 9.78 Å². The molecule has 1 aromatic rings. The number of rotatable bonds is 3. The number of ether oxygens (including phenoxy) is 2. The van der Waals surface area contributed by atoms with Crippen molar-refractivity contribution in [3.63, 3.8) is 0 Å². The Balaban J connectivity index is 1.68. The van der Waals surface area contributed by atoms with Gasteiger partial charge in [0.05, 0.1) is 19.8 Å². The van der Waals surface area contributed by atoms with Gasteiger partial charge in [0.15, 0.2) is 6.10 Å². The molecule has 1 saturated heterocycles. The molecule has 6 heteroatoms. The number of nitrogens with one attached hydrogen (secondary N) is 2. The lowest BCUT2D eigenvalue weighted by molar-refractivity contribution is -0.147. The zero-order valence-corrected chi connectivity index (χ0v) is 12.3. The molecule has 0 aromatic carbocycles. The van der Waals surface area contributed by atoms with Gasteiger partial charge in [0.2, 0.25) is 0 Å². The SMILES string of the molecule is Cc1ncc2c(c1CNC(=O)[C@H]1COCCO1)CCNC2. The summed E-state index contributed by atoms with van der Waals surface area (Å²) in [5.74, 6) is -0.111. The van der Waals surface area contributed by atoms with Gasteiger partial charge in [-0.15, -0.1) is 0 Å². The molecule has 0 aliphatic carbocycles. The molecule has 1 amide bonds. The quantitative estimate of drug-likeness (QED) is 0.824. The monoisotopic (exact) mass is 291 g/mol. The van der Waals surface area contributed by atoms with Crippen molar-refractivity contribution < 1.29 is 14.3 Å². The van der Waals surface area contributed by atoms with Gasteiger partial charge < -0.3 is 20.1 Å². The Hall–Kier alpha value is -1.50. The number of aryl methyl sites for hydroxylation is 1. The van der Waals surface area contributed by atoms with Crippen LogP contribution in [-0.4, -0.2) is 43.4 Å². The Morgan fingerprint density at radius 3 is 3.24 bits per heavy atom. The first-order chi connectivity index (χ1) is 10.3. The summed E-state index contributed by atoms with van der Waals surface area (Å²) in [7, 11) is 0. The molecule has 2 aliphatic rings. The van der Waals surface area contributed by atoms with Gasteiger partial charge in [-0.05, 0) is 36.6 Å². The first-order valence-electron chi connectivity index (χ1n) is 7.39. The molecule has 3 rings (SSSR count). The third-order valence-corrected chi connectivity index (χ3v) is 4.02. The van der Waals surface area contributed by atoms with Crippen LogP contribution in [0.1, 0.15) is 22.4 Å². The summed E-state index contributed by atoms with van der Waals surface area (Å²) in [5, 5.41) is 6.30. The highest BCUT2D eigenvalue weighted by Gasteiger charge is 2.23. The Labute approximate surface area is 124 Å². The van der Waals surface area contributed by atoms with Crippen molar-refractivity contribution in [3.05, 3.63) is 28.6 Å². The number of hydrogen-bond acceptors (Lipinski definition) is 5. The van der Waals surface area contributed by atoms with E-state index < -0.39 is 6.10 Å². The smallest absolute Gasteiger partial charge is 0.251 e. The number of hydrogen-bond donors (Lipinski definition) is 2. The van der Waals surface area contributed by atoms with Crippen molar-refractivity contribution in [2.75, 3.05) is 26.4 Å². The van der Waals surface area contributed by atoms with E-state index in [1.54, 1.807) is 0 Å². The maximum absolute atomic E-state index is 12.1. The average molecular weight is 291 g/mol. The molecule has 0 bridgehead atoms. The van der Waals surface area contributed by atoms with Crippen molar-refractivity contribution in [1.82, 2.24) is 15.6 Å². The van der Waals surface area contributed by atoms with Crippen LogP contribution in [0.15, 0.2) is 6.20 Å². The first kappa shape index (κ1) is 14.4. The predicted octanol–water partition coefficient (Wildman–Crippen LogP) is 0.0673. The summed E-state index contributed by atoms with van der Waals surface area (Å²) in [6.45, 7) is 5.68. The van der Waals surface area contributed by atoms with Crippen LogP contribution in [0.4, 0.5) is 0 Å².